The van der Waals surface area contributed by atoms with Crippen LogP contribution in [0, 0.1) is 0 Å². The predicted molar refractivity (Wildman–Crippen MR) is 459 cm³/mol. The number of hydrogen-bond donors (Lipinski definition) is 0. The fraction of sp³-hybridized carbons (Fsp3) is 0.163. The molecule has 0 unspecified atom stereocenters. The molecule has 122 heavy (non-hydrogen) atoms. The van der Waals surface area contributed by atoms with E-state index in [0.29, 0.717) is 11.1 Å². The number of cyclic esters (lactones) is 1. The first-order valence-corrected chi connectivity index (χ1v) is 40.4. The molecule has 0 aromatic heterocycles. The topological polar surface area (TPSA) is 190 Å². The minimum Gasteiger partial charge on any atom is -0.485 e. The maximum Gasteiger partial charge on any atom is 0.339 e. The van der Waals surface area contributed by atoms with E-state index in [4.69, 9.17) is 71.1 Å². The second-order valence-corrected chi connectivity index (χ2v) is 29.1. The van der Waals surface area contributed by atoms with Crippen molar-refractivity contribution >= 4 is 17.9 Å². The summed E-state index contributed by atoms with van der Waals surface area (Å²) in [4.78, 5) is 50.7. The van der Waals surface area contributed by atoms with Gasteiger partial charge in [-0.1, -0.05) is 334 Å². The molecule has 2 heterocycles. The molecular formula is C104H88O18. The zero-order valence-electron chi connectivity index (χ0n) is 66.8. The second kappa shape index (κ2) is 40.8. The monoisotopic (exact) mass is 1620 g/mol. The van der Waals surface area contributed by atoms with E-state index >= 15 is 14.4 Å². The summed E-state index contributed by atoms with van der Waals surface area (Å²) >= 11 is 0. The van der Waals surface area contributed by atoms with Gasteiger partial charge in [-0.05, 0) is 85.5 Å². The molecule has 0 bridgehead atoms. The lowest BCUT2D eigenvalue weighted by atomic mass is 9.91. The highest BCUT2D eigenvalue weighted by Crippen LogP contribution is 2.57. The van der Waals surface area contributed by atoms with Crippen LogP contribution in [0.3, 0.4) is 0 Å². The van der Waals surface area contributed by atoms with Crippen LogP contribution >= 0.6 is 0 Å². The van der Waals surface area contributed by atoms with Crippen LogP contribution in [0.1, 0.15) is 92.3 Å². The number of rotatable bonds is 35. The van der Waals surface area contributed by atoms with Crippen molar-refractivity contribution in [1.82, 2.24) is 0 Å². The van der Waals surface area contributed by atoms with Gasteiger partial charge in [-0.15, -0.1) is 0 Å². The lowest BCUT2D eigenvalue weighted by molar-refractivity contribution is -0.312. The summed E-state index contributed by atoms with van der Waals surface area (Å²) in [6.07, 6.45) is -8.02. The number of carbonyl (C=O) groups excluding carboxylic acids is 3. The van der Waals surface area contributed by atoms with Gasteiger partial charge in [0.25, 0.3) is 0 Å². The van der Waals surface area contributed by atoms with Crippen molar-refractivity contribution in [3.8, 4) is 62.9 Å². The molecule has 0 spiro atoms. The molecule has 18 nitrogen and oxygen atoms in total. The van der Waals surface area contributed by atoms with Crippen LogP contribution in [0.4, 0.5) is 0 Å². The fourth-order valence-electron chi connectivity index (χ4n) is 14.2. The van der Waals surface area contributed by atoms with Gasteiger partial charge in [-0.25, -0.2) is 14.4 Å². The molecule has 1 saturated heterocycles. The number of ether oxygens (including phenoxy) is 15. The standard InChI is InChI=1S/C104H88O18/c105-101(83-56-86(108-60-72-34-12-1-13-35-72)93(112-64-76-42-20-5-21-43-76)87(57-83)109-61-73-36-14-2-15-37-73)122-99-96-90(120-104(119-70-82-54-32-11-33-55-82)100(99)117-69-81-52-30-10-31-53-81)71-118-102(106)84-58-88(110-62-74-38-16-3-17-39-74)94(113-65-77-44-22-6-23-45-77)97(115-67-79-48-26-8-27-49-79)91(84)92-85(103(107)121-96)59-89(111-63-75-40-18-4-19-41-75)95(114-66-78-46-24-7-25-47-78)98(92)116-68-80-50-28-9-29-51-80/h1-59,90,96,99-100,104H,60-71H2/t90-,96-,99+,100-,104-/m1/s1. The first-order chi connectivity index (χ1) is 60.2. The highest BCUT2D eigenvalue weighted by Gasteiger charge is 2.53. The summed E-state index contributed by atoms with van der Waals surface area (Å²) in [6.45, 7) is -1.16. The van der Waals surface area contributed by atoms with Crippen LogP contribution < -0.4 is 42.6 Å². The second-order valence-electron chi connectivity index (χ2n) is 29.1. The van der Waals surface area contributed by atoms with Crippen LogP contribution in [0.25, 0.3) is 11.1 Å². The molecule has 5 atom stereocenters. The third-order valence-corrected chi connectivity index (χ3v) is 20.4. The zero-order chi connectivity index (χ0) is 82.9. The molecule has 0 radical (unpaired) electrons. The van der Waals surface area contributed by atoms with Gasteiger partial charge in [0.2, 0.25) is 17.2 Å². The Hall–Kier alpha value is -14.4. The Morgan fingerprint density at radius 1 is 0.279 bits per heavy atom. The van der Waals surface area contributed by atoms with E-state index in [9.17, 15) is 0 Å². The SMILES string of the molecule is O=C(O[C@@H]1[C@@H](OCc2ccccc2)[C@H](OCc2ccccc2)O[C@@H]2COC(=O)c3cc(OCc4ccccc4)c(OCc4ccccc4)c(OCc4ccccc4)c3-c3c(cc(OCc4ccccc4)c(OCc4ccccc4)c3OCc3ccccc3)C(=O)O[C@@H]12)c1cc(OCc2ccccc2)c(OCc2ccccc2)c(OCc2ccccc2)c1. The van der Waals surface area contributed by atoms with Crippen LogP contribution in [-0.2, 0) is 101 Å². The van der Waals surface area contributed by atoms with Crippen molar-refractivity contribution in [2.45, 2.75) is 103 Å². The molecule has 14 aromatic rings. The van der Waals surface area contributed by atoms with Gasteiger partial charge in [-0.3, -0.25) is 0 Å². The van der Waals surface area contributed by atoms with E-state index in [1.165, 1.54) is 24.3 Å². The summed E-state index contributed by atoms with van der Waals surface area (Å²) in [7, 11) is 0. The van der Waals surface area contributed by atoms with Crippen LogP contribution in [0.2, 0.25) is 0 Å². The maximum atomic E-state index is 17.5. The van der Waals surface area contributed by atoms with Gasteiger partial charge in [0.1, 0.15) is 78.3 Å². The molecule has 1 fully saturated rings. The zero-order valence-corrected chi connectivity index (χ0v) is 66.8. The Morgan fingerprint density at radius 2 is 0.541 bits per heavy atom. The van der Waals surface area contributed by atoms with E-state index in [2.05, 4.69) is 0 Å². The number of hydrogen-bond acceptors (Lipinski definition) is 18. The smallest absolute Gasteiger partial charge is 0.339 e. The summed E-state index contributed by atoms with van der Waals surface area (Å²) < 4.78 is 106. The molecule has 2 aliphatic rings. The minimum absolute atomic E-state index is 0.0146. The van der Waals surface area contributed by atoms with Crippen molar-refractivity contribution in [2.75, 3.05) is 6.61 Å². The number of benzene rings is 14. The van der Waals surface area contributed by atoms with Crippen LogP contribution in [0.15, 0.2) is 358 Å². The molecule has 0 amide bonds. The highest BCUT2D eigenvalue weighted by atomic mass is 16.7. The third kappa shape index (κ3) is 21.2. The molecule has 612 valence electrons. The van der Waals surface area contributed by atoms with Gasteiger partial charge in [0.05, 0.1) is 29.9 Å². The molecule has 18 heteroatoms. The largest absolute Gasteiger partial charge is 0.485 e. The van der Waals surface area contributed by atoms with Gasteiger partial charge < -0.3 is 71.1 Å². The molecule has 2 aliphatic heterocycles. The van der Waals surface area contributed by atoms with Gasteiger partial charge in [0, 0.05) is 11.1 Å². The van der Waals surface area contributed by atoms with E-state index in [1.807, 2.05) is 334 Å². The average molecular weight is 1630 g/mol. The third-order valence-electron chi connectivity index (χ3n) is 20.4. The summed E-state index contributed by atoms with van der Waals surface area (Å²) in [5.41, 5.74) is 7.74. The highest BCUT2D eigenvalue weighted by molar-refractivity contribution is 6.09. The van der Waals surface area contributed by atoms with Gasteiger partial charge in [-0.2, -0.15) is 0 Å². The summed E-state index contributed by atoms with van der Waals surface area (Å²) in [6, 6.07) is 111. The molecule has 14 aromatic carbocycles. The van der Waals surface area contributed by atoms with Crippen LogP contribution in [-0.4, -0.2) is 55.2 Å². The Morgan fingerprint density at radius 3 is 0.861 bits per heavy atom. The fourth-order valence-corrected chi connectivity index (χ4v) is 14.2. The number of esters is 3. The summed E-state index contributed by atoms with van der Waals surface area (Å²) in [5.74, 6) is -2.61. The summed E-state index contributed by atoms with van der Waals surface area (Å²) in [5, 5.41) is 0. The molecular weight excluding hydrogens is 1540 g/mol. The van der Waals surface area contributed by atoms with E-state index in [-0.39, 0.29) is 152 Å². The normalized spacial score (nSPS) is 15.4. The Bertz CT molecular complexity index is 5640. The van der Waals surface area contributed by atoms with Crippen molar-refractivity contribution in [1.29, 1.82) is 0 Å². The number of carbonyl (C=O) groups is 3. The quantitative estimate of drug-likeness (QED) is 0.0269. The van der Waals surface area contributed by atoms with Gasteiger partial charge >= 0.3 is 17.9 Å². The van der Waals surface area contributed by atoms with E-state index < -0.39 is 55.2 Å². The van der Waals surface area contributed by atoms with Crippen molar-refractivity contribution in [2.24, 2.45) is 0 Å². The number of fused-ring (bicyclic) bond motifs is 4. The van der Waals surface area contributed by atoms with E-state index in [0.717, 1.165) is 50.1 Å². The van der Waals surface area contributed by atoms with Crippen molar-refractivity contribution in [3.05, 3.63) is 436 Å². The molecule has 16 rings (SSSR count). The van der Waals surface area contributed by atoms with Crippen molar-refractivity contribution in [3.63, 3.8) is 0 Å². The van der Waals surface area contributed by atoms with Gasteiger partial charge in [0.15, 0.2) is 53.0 Å². The predicted octanol–water partition coefficient (Wildman–Crippen LogP) is 21.0. The lowest BCUT2D eigenvalue weighted by Gasteiger charge is -2.44. The van der Waals surface area contributed by atoms with Crippen LogP contribution in [0.5, 0.6) is 51.7 Å². The first-order valence-electron chi connectivity index (χ1n) is 40.4. The van der Waals surface area contributed by atoms with E-state index in [1.54, 1.807) is 0 Å². The Labute approximate surface area is 708 Å². The first kappa shape index (κ1) is 81.3. The van der Waals surface area contributed by atoms with Crippen molar-refractivity contribution < 1.29 is 85.4 Å². The maximum absolute atomic E-state index is 17.5. The molecule has 0 saturated carbocycles. The average Bonchev–Trinajstić information content (AvgIpc) is 1.13. The Balaban J connectivity index is 0.923. The minimum atomic E-state index is -1.78. The Kier molecular flexibility index (Phi) is 27.2. The molecule has 0 N–H and O–H groups in total. The lowest BCUT2D eigenvalue weighted by Crippen LogP contribution is -2.62. The molecule has 0 aliphatic carbocycles.